The van der Waals surface area contributed by atoms with E-state index < -0.39 is 24.3 Å². The van der Waals surface area contributed by atoms with Crippen LogP contribution in [-0.2, 0) is 0 Å². The molecule has 2 aromatic carbocycles. The number of aliphatic hydroxyl groups is 1. The van der Waals surface area contributed by atoms with Crippen LogP contribution in [0.25, 0.3) is 0 Å². The molecule has 100 valence electrons. The van der Waals surface area contributed by atoms with E-state index in [1.54, 1.807) is 24.3 Å². The van der Waals surface area contributed by atoms with Crippen LogP contribution in [0.1, 0.15) is 11.6 Å². The summed E-state index contributed by atoms with van der Waals surface area (Å²) in [7, 11) is 0. The third-order valence-electron chi connectivity index (χ3n) is 2.70. The van der Waals surface area contributed by atoms with Crippen LogP contribution in [0.15, 0.2) is 42.5 Å². The molecule has 2 N–H and O–H groups in total. The van der Waals surface area contributed by atoms with Crippen molar-refractivity contribution in [2.24, 2.45) is 0 Å². The number of halogens is 3. The Bertz CT molecular complexity index is 557. The lowest BCUT2D eigenvalue weighted by atomic mass is 10.1. The van der Waals surface area contributed by atoms with Crippen molar-refractivity contribution < 1.29 is 13.9 Å². The van der Waals surface area contributed by atoms with Gasteiger partial charge in [-0.2, -0.15) is 0 Å². The first-order valence-corrected chi connectivity index (χ1v) is 6.06. The summed E-state index contributed by atoms with van der Waals surface area (Å²) in [6.45, 7) is -0.440. The molecule has 2 rings (SSSR count). The van der Waals surface area contributed by atoms with Crippen molar-refractivity contribution in [2.45, 2.75) is 6.04 Å². The maximum atomic E-state index is 13.7. The second kappa shape index (κ2) is 5.99. The molecule has 1 unspecified atom stereocenters. The molecule has 2 nitrogen and oxygen atoms in total. The van der Waals surface area contributed by atoms with Gasteiger partial charge in [-0.15, -0.1) is 0 Å². The van der Waals surface area contributed by atoms with E-state index in [1.165, 1.54) is 6.07 Å². The zero-order chi connectivity index (χ0) is 13.8. The third kappa shape index (κ3) is 3.22. The second-order valence-electron chi connectivity index (χ2n) is 4.03. The van der Waals surface area contributed by atoms with Crippen LogP contribution in [0.3, 0.4) is 0 Å². The van der Waals surface area contributed by atoms with Gasteiger partial charge in [0, 0.05) is 16.3 Å². The highest BCUT2D eigenvalue weighted by Crippen LogP contribution is 2.25. The summed E-state index contributed by atoms with van der Waals surface area (Å²) in [5.41, 5.74) is 0.388. The normalized spacial score (nSPS) is 12.2. The van der Waals surface area contributed by atoms with Crippen molar-refractivity contribution in [3.05, 3.63) is 64.7 Å². The number of nitrogens with one attached hydrogen (secondary N) is 1. The van der Waals surface area contributed by atoms with Gasteiger partial charge in [0.1, 0.15) is 11.6 Å². The molecular weight excluding hydrogens is 272 g/mol. The number of aliphatic hydroxyl groups excluding tert-OH is 1. The van der Waals surface area contributed by atoms with E-state index in [1.807, 2.05) is 0 Å². The number of benzene rings is 2. The molecule has 2 aromatic rings. The molecular formula is C14H12ClF2NO. The minimum Gasteiger partial charge on any atom is -0.394 e. The number of hydrogen-bond donors (Lipinski definition) is 2. The first kappa shape index (κ1) is 13.8. The van der Waals surface area contributed by atoms with E-state index in [9.17, 15) is 13.9 Å². The zero-order valence-electron chi connectivity index (χ0n) is 9.91. The molecule has 0 fully saturated rings. The fourth-order valence-corrected chi connectivity index (χ4v) is 2.02. The van der Waals surface area contributed by atoms with E-state index >= 15 is 0 Å². The monoisotopic (exact) mass is 283 g/mol. The maximum Gasteiger partial charge on any atom is 0.131 e. The molecule has 19 heavy (non-hydrogen) atoms. The van der Waals surface area contributed by atoms with Gasteiger partial charge in [-0.1, -0.05) is 23.7 Å². The van der Waals surface area contributed by atoms with E-state index in [0.717, 1.165) is 12.1 Å². The molecule has 0 saturated carbocycles. The molecule has 0 amide bonds. The maximum absolute atomic E-state index is 13.7. The average Bonchev–Trinajstić information content (AvgIpc) is 2.37. The van der Waals surface area contributed by atoms with Gasteiger partial charge in [-0.25, -0.2) is 8.78 Å². The summed E-state index contributed by atoms with van der Waals surface area (Å²) in [4.78, 5) is 0. The largest absolute Gasteiger partial charge is 0.394 e. The molecule has 0 heterocycles. The van der Waals surface area contributed by atoms with Crippen LogP contribution < -0.4 is 5.32 Å². The molecule has 0 aliphatic carbocycles. The number of hydrogen-bond acceptors (Lipinski definition) is 2. The van der Waals surface area contributed by atoms with Gasteiger partial charge in [-0.3, -0.25) is 0 Å². The van der Waals surface area contributed by atoms with Gasteiger partial charge in [0.15, 0.2) is 0 Å². The summed E-state index contributed by atoms with van der Waals surface area (Å²) < 4.78 is 27.3. The predicted molar refractivity (Wildman–Crippen MR) is 71.3 cm³/mol. The lowest BCUT2D eigenvalue weighted by molar-refractivity contribution is 0.271. The van der Waals surface area contributed by atoms with Gasteiger partial charge in [0.25, 0.3) is 0 Å². The van der Waals surface area contributed by atoms with Crippen LogP contribution in [0.5, 0.6) is 0 Å². The molecule has 0 bridgehead atoms. The third-order valence-corrected chi connectivity index (χ3v) is 2.93. The van der Waals surface area contributed by atoms with Gasteiger partial charge >= 0.3 is 0 Å². The fraction of sp³-hybridized carbons (Fsp3) is 0.143. The quantitative estimate of drug-likeness (QED) is 0.895. The van der Waals surface area contributed by atoms with Crippen LogP contribution in [0, 0.1) is 11.6 Å². The van der Waals surface area contributed by atoms with Crippen molar-refractivity contribution in [2.75, 3.05) is 11.9 Å². The summed E-state index contributed by atoms with van der Waals surface area (Å²) in [5, 5.41) is 12.7. The highest BCUT2D eigenvalue weighted by Gasteiger charge is 2.19. The van der Waals surface area contributed by atoms with Gasteiger partial charge in [0.05, 0.1) is 12.6 Å². The summed E-state index contributed by atoms with van der Waals surface area (Å²) in [6, 6.07) is 9.42. The minimum atomic E-state index is -0.875. The average molecular weight is 284 g/mol. The molecule has 0 saturated heterocycles. The van der Waals surface area contributed by atoms with Crippen LogP contribution in [0.2, 0.25) is 5.02 Å². The first-order valence-electron chi connectivity index (χ1n) is 5.68. The van der Waals surface area contributed by atoms with E-state index in [-0.39, 0.29) is 5.56 Å². The summed E-state index contributed by atoms with van der Waals surface area (Å²) >= 11 is 5.83. The lowest BCUT2D eigenvalue weighted by Crippen LogP contribution is -2.18. The molecule has 0 spiro atoms. The first-order chi connectivity index (χ1) is 9.11. The van der Waals surface area contributed by atoms with Crippen molar-refractivity contribution >= 4 is 17.3 Å². The van der Waals surface area contributed by atoms with Crippen molar-refractivity contribution in [3.63, 3.8) is 0 Å². The Labute approximate surface area is 114 Å². The van der Waals surface area contributed by atoms with E-state index in [2.05, 4.69) is 5.32 Å². The van der Waals surface area contributed by atoms with Crippen LogP contribution in [0.4, 0.5) is 14.5 Å². The molecule has 5 heteroatoms. The Morgan fingerprint density at radius 1 is 1.11 bits per heavy atom. The second-order valence-corrected chi connectivity index (χ2v) is 4.46. The van der Waals surface area contributed by atoms with Crippen LogP contribution in [-0.4, -0.2) is 11.7 Å². The predicted octanol–water partition coefficient (Wildman–Crippen LogP) is 3.76. The smallest absolute Gasteiger partial charge is 0.131 e. The fourth-order valence-electron chi connectivity index (χ4n) is 1.83. The molecule has 0 aliphatic heterocycles. The van der Waals surface area contributed by atoms with Gasteiger partial charge in [0.2, 0.25) is 0 Å². The molecule has 0 aliphatic rings. The Morgan fingerprint density at radius 3 is 2.32 bits per heavy atom. The number of anilines is 1. The zero-order valence-corrected chi connectivity index (χ0v) is 10.7. The van der Waals surface area contributed by atoms with Crippen molar-refractivity contribution in [1.82, 2.24) is 0 Å². The summed E-state index contributed by atoms with van der Waals surface area (Å²) in [6.07, 6.45) is 0. The number of rotatable bonds is 4. The highest BCUT2D eigenvalue weighted by atomic mass is 35.5. The lowest BCUT2D eigenvalue weighted by Gasteiger charge is -2.19. The summed E-state index contributed by atoms with van der Waals surface area (Å²) in [5.74, 6) is -1.40. The minimum absolute atomic E-state index is 0.190. The Hall–Kier alpha value is -1.65. The van der Waals surface area contributed by atoms with Gasteiger partial charge in [-0.05, 0) is 30.3 Å². The Kier molecular flexibility index (Phi) is 4.35. The molecule has 0 aromatic heterocycles. The highest BCUT2D eigenvalue weighted by molar-refractivity contribution is 6.30. The van der Waals surface area contributed by atoms with E-state index in [0.29, 0.717) is 10.7 Å². The SMILES string of the molecule is OCC(Nc1cccc(Cl)c1)c1c(F)cccc1F. The van der Waals surface area contributed by atoms with Crippen LogP contribution >= 0.6 is 11.6 Å². The molecule has 1 atom stereocenters. The standard InChI is InChI=1S/C14H12ClF2NO/c15-9-3-1-4-10(7-9)18-13(8-19)14-11(16)5-2-6-12(14)17/h1-7,13,18-19H,8H2. The Balaban J connectivity index is 2.30. The molecule has 0 radical (unpaired) electrons. The van der Waals surface area contributed by atoms with Crippen molar-refractivity contribution in [1.29, 1.82) is 0 Å². The topological polar surface area (TPSA) is 32.3 Å². The Morgan fingerprint density at radius 2 is 1.74 bits per heavy atom. The van der Waals surface area contributed by atoms with Gasteiger partial charge < -0.3 is 10.4 Å². The van der Waals surface area contributed by atoms with Crippen molar-refractivity contribution in [3.8, 4) is 0 Å². The van der Waals surface area contributed by atoms with E-state index in [4.69, 9.17) is 11.6 Å².